The van der Waals surface area contributed by atoms with Crippen LogP contribution in [0.1, 0.15) is 32.0 Å². The van der Waals surface area contributed by atoms with Gasteiger partial charge >= 0.3 is 5.97 Å². The predicted molar refractivity (Wildman–Crippen MR) is 141 cm³/mol. The molecule has 0 bridgehead atoms. The number of aromatic nitrogens is 2. The van der Waals surface area contributed by atoms with Gasteiger partial charge in [-0.2, -0.15) is 5.10 Å². The summed E-state index contributed by atoms with van der Waals surface area (Å²) in [4.78, 5) is 39.6. The van der Waals surface area contributed by atoms with E-state index in [4.69, 9.17) is 16.3 Å². The molecule has 1 aliphatic heterocycles. The van der Waals surface area contributed by atoms with Crippen LogP contribution in [-0.2, 0) is 25.0 Å². The highest BCUT2D eigenvalue weighted by Crippen LogP contribution is 2.40. The molecule has 0 saturated carbocycles. The molecule has 2 N–H and O–H groups in total. The third-order valence-electron chi connectivity index (χ3n) is 6.15. The number of carbonyl (C=O) groups excluding carboxylic acids is 2. The first-order valence-corrected chi connectivity index (χ1v) is 12.1. The van der Waals surface area contributed by atoms with Crippen LogP contribution in [0, 0.1) is 0 Å². The van der Waals surface area contributed by atoms with Gasteiger partial charge in [-0.25, -0.2) is 4.79 Å². The fraction of sp³-hybridized carbons (Fsp3) is 0.143. The fourth-order valence-corrected chi connectivity index (χ4v) is 4.61. The highest BCUT2D eigenvalue weighted by atomic mass is 35.5. The second kappa shape index (κ2) is 10.4. The first-order valence-electron chi connectivity index (χ1n) is 11.7. The second-order valence-corrected chi connectivity index (χ2v) is 9.25. The number of benzene rings is 3. The summed E-state index contributed by atoms with van der Waals surface area (Å²) in [5.74, 6) is -1.37. The molecule has 192 valence electrons. The van der Waals surface area contributed by atoms with Crippen LogP contribution < -0.4 is 10.1 Å². The maximum absolute atomic E-state index is 13.9. The van der Waals surface area contributed by atoms with Crippen molar-refractivity contribution in [2.75, 3.05) is 11.9 Å². The Labute approximate surface area is 223 Å². The minimum Gasteiger partial charge on any atom is -0.488 e. The summed E-state index contributed by atoms with van der Waals surface area (Å²) in [5, 5.41) is 17.0. The van der Waals surface area contributed by atoms with E-state index in [0.29, 0.717) is 22.0 Å². The minimum atomic E-state index is -1.10. The van der Waals surface area contributed by atoms with Crippen molar-refractivity contribution in [2.45, 2.75) is 13.2 Å². The summed E-state index contributed by atoms with van der Waals surface area (Å²) in [6, 6.07) is 20.5. The first-order chi connectivity index (χ1) is 18.3. The number of anilines is 1. The van der Waals surface area contributed by atoms with Gasteiger partial charge in [0, 0.05) is 35.4 Å². The molecule has 5 rings (SSSR count). The molecular formula is C28H23ClN4O5. The van der Waals surface area contributed by atoms with Crippen LogP contribution in [0.3, 0.4) is 0 Å². The Morgan fingerprint density at radius 2 is 1.87 bits per heavy atom. The van der Waals surface area contributed by atoms with Gasteiger partial charge in [0.05, 0.1) is 11.3 Å². The number of amides is 2. The summed E-state index contributed by atoms with van der Waals surface area (Å²) in [6.07, 6.45) is 0. The van der Waals surface area contributed by atoms with E-state index in [9.17, 15) is 19.5 Å². The van der Waals surface area contributed by atoms with Gasteiger partial charge in [0.25, 0.3) is 5.91 Å². The van der Waals surface area contributed by atoms with Crippen LogP contribution >= 0.6 is 11.6 Å². The van der Waals surface area contributed by atoms with Crippen LogP contribution in [0.25, 0.3) is 11.3 Å². The molecule has 0 unspecified atom stereocenters. The predicted octanol–water partition coefficient (Wildman–Crippen LogP) is 4.61. The van der Waals surface area contributed by atoms with E-state index in [2.05, 4.69) is 10.4 Å². The molecule has 2 amide bonds. The van der Waals surface area contributed by atoms with E-state index in [1.807, 2.05) is 30.3 Å². The van der Waals surface area contributed by atoms with Crippen molar-refractivity contribution < 1.29 is 24.2 Å². The van der Waals surface area contributed by atoms with Crippen LogP contribution in [0.4, 0.5) is 5.69 Å². The number of halogens is 1. The zero-order valence-corrected chi connectivity index (χ0v) is 21.1. The van der Waals surface area contributed by atoms with Crippen LogP contribution in [0.5, 0.6) is 5.75 Å². The van der Waals surface area contributed by atoms with E-state index in [1.54, 1.807) is 36.0 Å². The largest absolute Gasteiger partial charge is 0.488 e. The number of hydrogen-bond donors (Lipinski definition) is 2. The second-order valence-electron chi connectivity index (χ2n) is 8.81. The number of carboxylic acids is 1. The molecule has 38 heavy (non-hydrogen) atoms. The molecule has 1 aromatic heterocycles. The number of nitrogens with zero attached hydrogens (tertiary/aromatic N) is 3. The van der Waals surface area contributed by atoms with Crippen molar-refractivity contribution in [1.29, 1.82) is 0 Å². The average molecular weight is 531 g/mol. The van der Waals surface area contributed by atoms with E-state index in [-0.39, 0.29) is 31.0 Å². The zero-order valence-electron chi connectivity index (χ0n) is 20.3. The number of nitrogens with one attached hydrogen (secondary N) is 1. The molecule has 1 aliphatic rings. The monoisotopic (exact) mass is 530 g/mol. The molecule has 0 atom stereocenters. The molecule has 3 aromatic carbocycles. The van der Waals surface area contributed by atoms with Gasteiger partial charge in [-0.1, -0.05) is 48.0 Å². The minimum absolute atomic E-state index is 0.0421. The lowest BCUT2D eigenvalue weighted by Gasteiger charge is -2.23. The van der Waals surface area contributed by atoms with Crippen molar-refractivity contribution >= 4 is 35.1 Å². The Morgan fingerprint density at radius 1 is 1.08 bits per heavy atom. The molecular weight excluding hydrogens is 508 g/mol. The Kier molecular flexibility index (Phi) is 6.85. The number of carbonyl (C=O) groups is 3. The highest BCUT2D eigenvalue weighted by Gasteiger charge is 2.31. The SMILES string of the molecule is Cn1nc(C(=O)N(CC(=O)Nc2cccc(C(=O)O)c2)Cc2ccccc2)c2c1-c1cc(Cl)ccc1OC2. The molecule has 0 fully saturated rings. The van der Waals surface area contributed by atoms with Gasteiger partial charge in [0.15, 0.2) is 5.69 Å². The van der Waals surface area contributed by atoms with E-state index in [0.717, 1.165) is 16.8 Å². The molecule has 4 aromatic rings. The van der Waals surface area contributed by atoms with E-state index >= 15 is 0 Å². The van der Waals surface area contributed by atoms with E-state index < -0.39 is 17.8 Å². The summed E-state index contributed by atoms with van der Waals surface area (Å²) >= 11 is 6.22. The lowest BCUT2D eigenvalue weighted by Crippen LogP contribution is -2.38. The lowest BCUT2D eigenvalue weighted by molar-refractivity contribution is -0.117. The van der Waals surface area contributed by atoms with Crippen LogP contribution in [0.15, 0.2) is 72.8 Å². The third-order valence-corrected chi connectivity index (χ3v) is 6.38. The molecule has 10 heteroatoms. The number of fused-ring (bicyclic) bond motifs is 3. The molecule has 0 spiro atoms. The van der Waals surface area contributed by atoms with Gasteiger partial charge in [0.1, 0.15) is 18.9 Å². The Hall–Kier alpha value is -4.63. The van der Waals surface area contributed by atoms with E-state index in [1.165, 1.54) is 23.1 Å². The van der Waals surface area contributed by atoms with Crippen molar-refractivity contribution in [3.63, 3.8) is 0 Å². The van der Waals surface area contributed by atoms with Gasteiger partial charge in [-0.05, 0) is 42.0 Å². The summed E-state index contributed by atoms with van der Waals surface area (Å²) < 4.78 is 7.51. The van der Waals surface area contributed by atoms with Gasteiger partial charge in [-0.3, -0.25) is 14.3 Å². The zero-order chi connectivity index (χ0) is 26.8. The highest BCUT2D eigenvalue weighted by molar-refractivity contribution is 6.31. The first kappa shape index (κ1) is 25.0. The number of carboxylic acid groups (broad SMARTS) is 1. The quantitative estimate of drug-likeness (QED) is 0.360. The number of aromatic carboxylic acids is 1. The Morgan fingerprint density at radius 3 is 2.63 bits per heavy atom. The third kappa shape index (κ3) is 5.09. The van der Waals surface area contributed by atoms with Crippen molar-refractivity contribution in [3.05, 3.63) is 100 Å². The Bertz CT molecular complexity index is 1550. The molecule has 2 heterocycles. The molecule has 0 aliphatic carbocycles. The van der Waals surface area contributed by atoms with Crippen molar-refractivity contribution in [2.24, 2.45) is 7.05 Å². The summed E-state index contributed by atoms with van der Waals surface area (Å²) in [6.45, 7) is 0.0305. The normalized spacial score (nSPS) is 11.6. The maximum atomic E-state index is 13.9. The number of hydrogen-bond acceptors (Lipinski definition) is 5. The number of rotatable bonds is 7. The van der Waals surface area contributed by atoms with Crippen LogP contribution in [-0.4, -0.2) is 44.1 Å². The maximum Gasteiger partial charge on any atom is 0.335 e. The number of aryl methyl sites for hydroxylation is 1. The topological polar surface area (TPSA) is 114 Å². The standard InChI is InChI=1S/C28H23ClN4O5/c1-32-26-21-13-19(29)10-11-23(21)38-16-22(26)25(31-32)27(35)33(14-17-6-3-2-4-7-17)15-24(34)30-20-9-5-8-18(12-20)28(36)37/h2-13H,14-16H2,1H3,(H,30,34)(H,36,37). The Balaban J connectivity index is 1.45. The van der Waals surface area contributed by atoms with Gasteiger partial charge in [0.2, 0.25) is 5.91 Å². The molecule has 9 nitrogen and oxygen atoms in total. The fourth-order valence-electron chi connectivity index (χ4n) is 4.43. The smallest absolute Gasteiger partial charge is 0.335 e. The van der Waals surface area contributed by atoms with Gasteiger partial charge < -0.3 is 20.1 Å². The number of ether oxygens (including phenoxy) is 1. The molecule has 0 radical (unpaired) electrons. The lowest BCUT2D eigenvalue weighted by atomic mass is 10.0. The molecule has 0 saturated heterocycles. The van der Waals surface area contributed by atoms with Crippen molar-refractivity contribution in [1.82, 2.24) is 14.7 Å². The van der Waals surface area contributed by atoms with Crippen LogP contribution in [0.2, 0.25) is 5.02 Å². The summed E-state index contributed by atoms with van der Waals surface area (Å²) in [5.41, 5.74) is 3.45. The summed E-state index contributed by atoms with van der Waals surface area (Å²) in [7, 11) is 1.75. The van der Waals surface area contributed by atoms with Gasteiger partial charge in [-0.15, -0.1) is 0 Å². The van der Waals surface area contributed by atoms with Crippen molar-refractivity contribution in [3.8, 4) is 17.0 Å². The average Bonchev–Trinajstić information content (AvgIpc) is 3.25.